The number of nitrogens with zero attached hydrogens (tertiary/aromatic N) is 2. The number of hydrogen-bond donors (Lipinski definition) is 2. The van der Waals surface area contributed by atoms with Gasteiger partial charge in [-0.15, -0.1) is 0 Å². The van der Waals surface area contributed by atoms with Crippen molar-refractivity contribution in [3.05, 3.63) is 12.1 Å². The monoisotopic (exact) mass is 352 g/mol. The number of furan rings is 1. The first-order valence-electron chi connectivity index (χ1n) is 7.93. The van der Waals surface area contributed by atoms with Crippen LogP contribution in [-0.2, 0) is 0 Å². The topological polar surface area (TPSA) is 43.7 Å². The Bertz CT molecular complexity index is 581. The molecule has 0 radical (unpaired) electrons. The molecule has 0 atom stereocenters. The summed E-state index contributed by atoms with van der Waals surface area (Å²) < 4.78 is 5.77. The maximum atomic E-state index is 5.77. The summed E-state index contributed by atoms with van der Waals surface area (Å²) in [5.41, 5.74) is 6.70. The number of thiocarbonyl (C=S) groups is 2. The minimum atomic E-state index is 0.164. The molecule has 2 aliphatic carbocycles. The van der Waals surface area contributed by atoms with Gasteiger partial charge in [-0.3, -0.25) is 20.9 Å². The third-order valence-electron chi connectivity index (χ3n) is 4.80. The summed E-state index contributed by atoms with van der Waals surface area (Å²) in [6, 6.07) is 3.76. The first-order chi connectivity index (χ1) is 10.7. The van der Waals surface area contributed by atoms with Crippen LogP contribution in [0.1, 0.15) is 39.5 Å². The highest BCUT2D eigenvalue weighted by molar-refractivity contribution is 7.80. The summed E-state index contributed by atoms with van der Waals surface area (Å²) in [6.45, 7) is 4.38. The zero-order valence-electron chi connectivity index (χ0n) is 14.1. The van der Waals surface area contributed by atoms with E-state index in [2.05, 4.69) is 24.7 Å². The summed E-state index contributed by atoms with van der Waals surface area (Å²) in [7, 11) is 3.85. The third kappa shape index (κ3) is 3.45. The van der Waals surface area contributed by atoms with E-state index < -0.39 is 0 Å². The molecule has 0 aliphatic heterocycles. The summed E-state index contributed by atoms with van der Waals surface area (Å²) in [6.07, 6.45) is 4.63. The fourth-order valence-electron chi connectivity index (χ4n) is 2.50. The smallest absolute Gasteiger partial charge is 0.214 e. The highest BCUT2D eigenvalue weighted by Gasteiger charge is 2.44. The van der Waals surface area contributed by atoms with Crippen molar-refractivity contribution in [3.8, 4) is 0 Å². The van der Waals surface area contributed by atoms with Gasteiger partial charge >= 0.3 is 0 Å². The Balaban J connectivity index is 1.55. The molecule has 1 heterocycles. The van der Waals surface area contributed by atoms with Crippen LogP contribution in [0.2, 0.25) is 0 Å². The molecule has 2 fully saturated rings. The first kappa shape index (κ1) is 16.5. The normalized spacial score (nSPS) is 19.7. The highest BCUT2D eigenvalue weighted by atomic mass is 32.1. The second-order valence-electron chi connectivity index (χ2n) is 7.24. The lowest BCUT2D eigenvalue weighted by Crippen LogP contribution is -2.36. The average Bonchev–Trinajstić information content (AvgIpc) is 3.40. The molecule has 0 saturated heterocycles. The van der Waals surface area contributed by atoms with Gasteiger partial charge < -0.3 is 4.42 Å². The molecule has 5 nitrogen and oxygen atoms in total. The number of anilines is 2. The number of hydrazine groups is 2. The van der Waals surface area contributed by atoms with Crippen molar-refractivity contribution in [2.75, 3.05) is 24.9 Å². The van der Waals surface area contributed by atoms with Gasteiger partial charge in [-0.2, -0.15) is 0 Å². The van der Waals surface area contributed by atoms with Crippen LogP contribution in [0.15, 0.2) is 16.5 Å². The van der Waals surface area contributed by atoms with Gasteiger partial charge in [0.25, 0.3) is 0 Å². The van der Waals surface area contributed by atoms with E-state index in [9.17, 15) is 0 Å². The van der Waals surface area contributed by atoms with E-state index in [1.807, 2.05) is 36.2 Å². The summed E-state index contributed by atoms with van der Waals surface area (Å²) in [5.74, 6) is 1.30. The fourth-order valence-corrected chi connectivity index (χ4v) is 3.00. The molecule has 0 aromatic carbocycles. The fraction of sp³-hybridized carbons (Fsp3) is 0.625. The van der Waals surface area contributed by atoms with Gasteiger partial charge in [0.05, 0.1) is 0 Å². The van der Waals surface area contributed by atoms with Crippen LogP contribution in [0, 0.1) is 10.8 Å². The highest BCUT2D eigenvalue weighted by Crippen LogP contribution is 2.47. The second kappa shape index (κ2) is 5.63. The number of hydrogen-bond acceptors (Lipinski definition) is 5. The standard InChI is InChI=1S/C16H24N4OS2/c1-15(7-8-15)13(22)19(3)17-11-5-6-12(21-11)18-20(4)14(23)16(2)9-10-16/h5-6,17-18H,7-10H2,1-4H3. The first-order valence-corrected chi connectivity index (χ1v) is 8.75. The zero-order valence-corrected chi connectivity index (χ0v) is 15.7. The summed E-state index contributed by atoms with van der Waals surface area (Å²) >= 11 is 11.0. The van der Waals surface area contributed by atoms with Gasteiger partial charge in [-0.1, -0.05) is 38.3 Å². The largest absolute Gasteiger partial charge is 0.422 e. The van der Waals surface area contributed by atoms with Crippen LogP contribution in [0.25, 0.3) is 0 Å². The minimum Gasteiger partial charge on any atom is -0.422 e. The van der Waals surface area contributed by atoms with E-state index >= 15 is 0 Å². The minimum absolute atomic E-state index is 0.164. The van der Waals surface area contributed by atoms with Crippen molar-refractivity contribution in [1.82, 2.24) is 10.0 Å². The Kier molecular flexibility index (Phi) is 4.04. The Labute approximate surface area is 148 Å². The SMILES string of the molecule is CN(Nc1ccc(NN(C)C(=S)C2(C)CC2)o1)C(=S)C1(C)CC1. The third-order valence-corrected chi connectivity index (χ3v) is 6.34. The lowest BCUT2D eigenvalue weighted by atomic mass is 10.1. The average molecular weight is 353 g/mol. The predicted octanol–water partition coefficient (Wildman–Crippen LogP) is 4.05. The molecule has 1 aromatic heterocycles. The van der Waals surface area contributed by atoms with E-state index in [1.165, 1.54) is 0 Å². The molecule has 2 saturated carbocycles. The van der Waals surface area contributed by atoms with Crippen molar-refractivity contribution >= 4 is 46.2 Å². The lowest BCUT2D eigenvalue weighted by molar-refractivity contribution is 0.484. The molecule has 3 rings (SSSR count). The Morgan fingerprint density at radius 1 is 0.913 bits per heavy atom. The van der Waals surface area contributed by atoms with Crippen LogP contribution in [0.4, 0.5) is 11.8 Å². The molecule has 0 unspecified atom stereocenters. The molecule has 7 heteroatoms. The molecular weight excluding hydrogens is 328 g/mol. The number of nitrogens with one attached hydrogen (secondary N) is 2. The summed E-state index contributed by atoms with van der Waals surface area (Å²) in [5, 5.41) is 3.73. The molecule has 0 bridgehead atoms. The van der Waals surface area contributed by atoms with Gasteiger partial charge in [0, 0.05) is 37.1 Å². The van der Waals surface area contributed by atoms with E-state index in [-0.39, 0.29) is 10.8 Å². The molecule has 2 aliphatic rings. The second-order valence-corrected chi connectivity index (χ2v) is 8.01. The van der Waals surface area contributed by atoms with Gasteiger partial charge in [-0.05, 0) is 25.7 Å². The van der Waals surface area contributed by atoms with Gasteiger partial charge in [-0.25, -0.2) is 0 Å². The van der Waals surface area contributed by atoms with Crippen molar-refractivity contribution in [1.29, 1.82) is 0 Å². The van der Waals surface area contributed by atoms with Crippen LogP contribution < -0.4 is 10.9 Å². The van der Waals surface area contributed by atoms with Gasteiger partial charge in [0.1, 0.15) is 9.98 Å². The molecule has 23 heavy (non-hydrogen) atoms. The van der Waals surface area contributed by atoms with Crippen molar-refractivity contribution in [2.45, 2.75) is 39.5 Å². The van der Waals surface area contributed by atoms with Crippen LogP contribution in [0.5, 0.6) is 0 Å². The van der Waals surface area contributed by atoms with E-state index in [4.69, 9.17) is 28.9 Å². The van der Waals surface area contributed by atoms with Crippen molar-refractivity contribution in [3.63, 3.8) is 0 Å². The van der Waals surface area contributed by atoms with Crippen molar-refractivity contribution in [2.24, 2.45) is 10.8 Å². The maximum absolute atomic E-state index is 5.77. The lowest BCUT2D eigenvalue weighted by Gasteiger charge is -2.25. The van der Waals surface area contributed by atoms with Crippen molar-refractivity contribution < 1.29 is 4.42 Å². The van der Waals surface area contributed by atoms with Gasteiger partial charge in [0.15, 0.2) is 0 Å². The summed E-state index contributed by atoms with van der Waals surface area (Å²) in [4.78, 5) is 1.84. The van der Waals surface area contributed by atoms with E-state index in [1.54, 1.807) is 0 Å². The number of rotatable bonds is 6. The molecule has 0 amide bonds. The Morgan fingerprint density at radius 3 is 1.57 bits per heavy atom. The van der Waals surface area contributed by atoms with Gasteiger partial charge in [0.2, 0.25) is 11.8 Å². The van der Waals surface area contributed by atoms with Crippen LogP contribution in [-0.4, -0.2) is 34.1 Å². The molecule has 126 valence electrons. The maximum Gasteiger partial charge on any atom is 0.214 e. The molecule has 2 N–H and O–H groups in total. The van der Waals surface area contributed by atoms with Crippen LogP contribution >= 0.6 is 24.4 Å². The molecular formula is C16H24N4OS2. The molecule has 0 spiro atoms. The zero-order chi connectivity index (χ0) is 16.8. The van der Waals surface area contributed by atoms with E-state index in [0.717, 1.165) is 35.7 Å². The molecule has 1 aromatic rings. The van der Waals surface area contributed by atoms with Crippen LogP contribution in [0.3, 0.4) is 0 Å². The Hall–Kier alpha value is -1.34. The Morgan fingerprint density at radius 2 is 1.26 bits per heavy atom. The van der Waals surface area contributed by atoms with E-state index in [0.29, 0.717) is 11.8 Å². The quantitative estimate of drug-likeness (QED) is 0.591. The predicted molar refractivity (Wildman–Crippen MR) is 101 cm³/mol.